The molecule has 66 heavy (non-hydrogen) atoms. The van der Waals surface area contributed by atoms with Gasteiger partial charge in [0.25, 0.3) is 5.91 Å². The molecule has 0 unspecified atom stereocenters. The van der Waals surface area contributed by atoms with E-state index >= 15 is 0 Å². The van der Waals surface area contributed by atoms with Gasteiger partial charge >= 0.3 is 0 Å². The number of amides is 1. The smallest absolute Gasteiger partial charge is 0.258 e. The number of aromatic hydroxyl groups is 1. The number of hydrogen-bond acceptors (Lipinski definition) is 5. The van der Waals surface area contributed by atoms with Crippen molar-refractivity contribution in [1.82, 2.24) is 5.32 Å². The Balaban J connectivity index is 1.69. The van der Waals surface area contributed by atoms with Crippen molar-refractivity contribution in [3.63, 3.8) is 0 Å². The summed E-state index contributed by atoms with van der Waals surface area (Å²) in [7, 11) is 0. The fraction of sp³-hybridized carbons (Fsp3) is 0.483. The summed E-state index contributed by atoms with van der Waals surface area (Å²) in [5, 5.41) is 15.8. The minimum atomic E-state index is -0.214. The number of phenols is 1. The molecule has 0 saturated carbocycles. The molecular weight excluding hydrogens is 815 g/mol. The van der Waals surface area contributed by atoms with E-state index in [9.17, 15) is 9.90 Å². The van der Waals surface area contributed by atoms with Gasteiger partial charge in [0.15, 0.2) is 6.61 Å². The van der Waals surface area contributed by atoms with E-state index in [1.54, 1.807) is 0 Å². The molecule has 5 aromatic carbocycles. The van der Waals surface area contributed by atoms with Crippen LogP contribution in [0.5, 0.6) is 23.0 Å². The molecule has 354 valence electrons. The summed E-state index contributed by atoms with van der Waals surface area (Å²) in [6.45, 7) is 34.3. The Morgan fingerprint density at radius 2 is 0.818 bits per heavy atom. The molecule has 0 radical (unpaired) electrons. The first-order chi connectivity index (χ1) is 30.9. The number of phenolic OH excluding ortho intramolecular Hbond substituents is 1. The summed E-state index contributed by atoms with van der Waals surface area (Å²) in [4.78, 5) is 13.9. The molecule has 0 aromatic heterocycles. The summed E-state index contributed by atoms with van der Waals surface area (Å²) >= 11 is 0. The van der Waals surface area contributed by atoms with Gasteiger partial charge in [0.1, 0.15) is 23.0 Å². The number of rotatable bonds is 11. The van der Waals surface area contributed by atoms with Crippen LogP contribution in [0.15, 0.2) is 78.9 Å². The Morgan fingerprint density at radius 3 is 1.14 bits per heavy atom. The lowest BCUT2D eigenvalue weighted by Crippen LogP contribution is -2.31. The highest BCUT2D eigenvalue weighted by Gasteiger charge is 2.29. The summed E-state index contributed by atoms with van der Waals surface area (Å²) < 4.78 is 20.6. The Labute approximate surface area is 397 Å². The van der Waals surface area contributed by atoms with Gasteiger partial charge in [0.05, 0.1) is 19.3 Å². The largest absolute Gasteiger partial charge is 0.507 e. The molecule has 8 bridgehead atoms. The van der Waals surface area contributed by atoms with Crippen LogP contribution in [0, 0.1) is 0 Å². The van der Waals surface area contributed by atoms with Crippen molar-refractivity contribution in [2.24, 2.45) is 0 Å². The summed E-state index contributed by atoms with van der Waals surface area (Å²) in [5.74, 6) is 2.52. The molecule has 1 aliphatic rings. The van der Waals surface area contributed by atoms with Gasteiger partial charge in [0, 0.05) is 25.7 Å². The second kappa shape index (κ2) is 19.9. The number of benzene rings is 5. The third-order valence-corrected chi connectivity index (χ3v) is 12.9. The molecule has 0 saturated heterocycles. The summed E-state index contributed by atoms with van der Waals surface area (Å²) in [6.07, 6.45) is 3.73. The van der Waals surface area contributed by atoms with E-state index in [0.717, 1.165) is 85.5 Å². The van der Waals surface area contributed by atoms with E-state index in [0.29, 0.717) is 44.6 Å². The molecule has 6 rings (SSSR count). The number of ether oxygens (including phenoxy) is 3. The zero-order chi connectivity index (χ0) is 48.4. The SMILES string of the molecule is CCCOc1c2cc(C(C)(C)C)cc1Cc1cc(C(C)(C)C)cc(c1OCCC)Cc1cc(C(C)(C)C)cc(c1OCC(=O)N[C@H](C)c1ccccc1)Cc1cc(C(C)(C)C)cc(c1O)C2. The lowest BCUT2D eigenvalue weighted by Gasteiger charge is -2.29. The Morgan fingerprint density at radius 1 is 0.515 bits per heavy atom. The van der Waals surface area contributed by atoms with Crippen LogP contribution in [-0.4, -0.2) is 30.8 Å². The molecule has 2 N–H and O–H groups in total. The zero-order valence-electron chi connectivity index (χ0n) is 43.0. The molecule has 0 aliphatic heterocycles. The Bertz CT molecular complexity index is 2510. The maximum absolute atomic E-state index is 13.9. The highest BCUT2D eigenvalue weighted by Crippen LogP contribution is 2.44. The van der Waals surface area contributed by atoms with E-state index in [1.165, 1.54) is 11.1 Å². The quantitative estimate of drug-likeness (QED) is 0.135. The maximum atomic E-state index is 13.9. The first-order valence-electron chi connectivity index (χ1n) is 24.4. The molecule has 6 heteroatoms. The fourth-order valence-electron chi connectivity index (χ4n) is 8.84. The van der Waals surface area contributed by atoms with Crippen molar-refractivity contribution in [3.8, 4) is 23.0 Å². The monoisotopic (exact) mass is 894 g/mol. The van der Waals surface area contributed by atoms with Crippen molar-refractivity contribution in [3.05, 3.63) is 151 Å². The summed E-state index contributed by atoms with van der Waals surface area (Å²) in [6, 6.07) is 28.0. The number of carbonyl (C=O) groups is 1. The second-order valence-electron chi connectivity index (χ2n) is 22.9. The molecule has 6 nitrogen and oxygen atoms in total. The third kappa shape index (κ3) is 12.0. The first-order valence-corrected chi connectivity index (χ1v) is 24.4. The second-order valence-corrected chi connectivity index (χ2v) is 22.9. The van der Waals surface area contributed by atoms with Crippen molar-refractivity contribution >= 4 is 5.91 Å². The number of carbonyl (C=O) groups excluding carboxylic acids is 1. The lowest BCUT2D eigenvalue weighted by atomic mass is 9.79. The van der Waals surface area contributed by atoms with Gasteiger partial charge in [-0.15, -0.1) is 0 Å². The molecule has 1 aliphatic carbocycles. The predicted molar refractivity (Wildman–Crippen MR) is 274 cm³/mol. The lowest BCUT2D eigenvalue weighted by molar-refractivity contribution is -0.123. The molecule has 0 fully saturated rings. The Hall–Kier alpha value is -5.23. The Kier molecular flexibility index (Phi) is 15.2. The van der Waals surface area contributed by atoms with Crippen LogP contribution in [0.3, 0.4) is 0 Å². The highest BCUT2D eigenvalue weighted by atomic mass is 16.5. The van der Waals surface area contributed by atoms with Crippen LogP contribution in [-0.2, 0) is 52.1 Å². The third-order valence-electron chi connectivity index (χ3n) is 12.9. The van der Waals surface area contributed by atoms with Gasteiger partial charge in [-0.25, -0.2) is 0 Å². The van der Waals surface area contributed by atoms with Crippen molar-refractivity contribution in [1.29, 1.82) is 0 Å². The van der Waals surface area contributed by atoms with E-state index in [4.69, 9.17) is 14.2 Å². The molecule has 0 spiro atoms. The molecule has 5 aromatic rings. The maximum Gasteiger partial charge on any atom is 0.258 e. The zero-order valence-corrected chi connectivity index (χ0v) is 43.0. The van der Waals surface area contributed by atoms with E-state index in [1.807, 2.05) is 37.3 Å². The minimum absolute atomic E-state index is 0.144. The highest BCUT2D eigenvalue weighted by molar-refractivity contribution is 5.78. The van der Waals surface area contributed by atoms with Gasteiger partial charge in [0.2, 0.25) is 0 Å². The van der Waals surface area contributed by atoms with Crippen LogP contribution in [0.25, 0.3) is 0 Å². The number of fused-ring (bicyclic) bond motifs is 8. The van der Waals surface area contributed by atoms with Crippen LogP contribution in [0.2, 0.25) is 0 Å². The van der Waals surface area contributed by atoms with Crippen molar-refractivity contribution in [2.45, 2.75) is 170 Å². The van der Waals surface area contributed by atoms with E-state index < -0.39 is 0 Å². The van der Waals surface area contributed by atoms with Gasteiger partial charge in [-0.2, -0.15) is 0 Å². The van der Waals surface area contributed by atoms with Crippen LogP contribution in [0.1, 0.15) is 195 Å². The number of hydrogen-bond donors (Lipinski definition) is 2. The normalized spacial score (nSPS) is 13.8. The van der Waals surface area contributed by atoms with Crippen molar-refractivity contribution < 1.29 is 24.1 Å². The predicted octanol–water partition coefficient (Wildman–Crippen LogP) is 14.1. The van der Waals surface area contributed by atoms with E-state index in [2.05, 4.69) is 151 Å². The fourth-order valence-corrected chi connectivity index (χ4v) is 8.84. The average molecular weight is 894 g/mol. The van der Waals surface area contributed by atoms with Gasteiger partial charge in [-0.1, -0.05) is 176 Å². The van der Waals surface area contributed by atoms with Crippen LogP contribution >= 0.6 is 0 Å². The first kappa shape index (κ1) is 50.2. The standard InChI is InChI=1S/C60H79NO5/c1-16-23-64-54-42-25-40-29-48(57(4,5)6)30-41(53(40)63)26-43-32-50(59(10,11)12)36-47(56(43)66-37-52(62)61-38(3)39-21-19-18-20-22-39)28-46-35-51(60(13,14)15)34-45(55(46)65-24-17-2)27-44(54)33-49(31-42)58(7,8)9/h18-22,29-36,38,63H,16-17,23-28,37H2,1-15H3,(H,61,62)/t38-/m1/s1. The minimum Gasteiger partial charge on any atom is -0.507 e. The van der Waals surface area contributed by atoms with Gasteiger partial charge in [-0.05, 0) is 114 Å². The average Bonchev–Trinajstić information content (AvgIpc) is 3.22. The van der Waals surface area contributed by atoms with Crippen LogP contribution in [0.4, 0.5) is 0 Å². The van der Waals surface area contributed by atoms with Crippen LogP contribution < -0.4 is 19.5 Å². The molecule has 0 heterocycles. The van der Waals surface area contributed by atoms with Crippen molar-refractivity contribution in [2.75, 3.05) is 19.8 Å². The topological polar surface area (TPSA) is 77.0 Å². The van der Waals surface area contributed by atoms with E-state index in [-0.39, 0.29) is 46.0 Å². The van der Waals surface area contributed by atoms with Gasteiger partial charge < -0.3 is 24.6 Å². The molecular formula is C60H79NO5. The molecule has 1 amide bonds. The van der Waals surface area contributed by atoms with Gasteiger partial charge in [-0.3, -0.25) is 4.79 Å². The number of nitrogens with one attached hydrogen (secondary N) is 1. The summed E-state index contributed by atoms with van der Waals surface area (Å²) in [5.41, 5.74) is 13.0. The molecule has 1 atom stereocenters.